The zero-order chi connectivity index (χ0) is 18.6. The third kappa shape index (κ3) is 4.55. The highest BCUT2D eigenvalue weighted by atomic mass is 32.2. The van der Waals surface area contributed by atoms with E-state index in [-0.39, 0.29) is 4.90 Å². The van der Waals surface area contributed by atoms with Crippen molar-refractivity contribution in [2.24, 2.45) is 0 Å². The first-order chi connectivity index (χ1) is 12.5. The third-order valence-corrected chi connectivity index (χ3v) is 6.35. The number of nitrogens with zero attached hydrogens (tertiary/aromatic N) is 2. The van der Waals surface area contributed by atoms with Gasteiger partial charge in [-0.25, -0.2) is 18.1 Å². The number of nitrogens with one attached hydrogen (secondary N) is 1. The molecule has 26 heavy (non-hydrogen) atoms. The number of hydrogen-bond acceptors (Lipinski definition) is 5. The number of aromatic nitrogens is 2. The lowest BCUT2D eigenvalue weighted by Crippen LogP contribution is -2.26. The predicted molar refractivity (Wildman–Crippen MR) is 105 cm³/mol. The molecule has 0 amide bonds. The van der Waals surface area contributed by atoms with E-state index in [0.717, 1.165) is 22.0 Å². The van der Waals surface area contributed by atoms with Crippen molar-refractivity contribution < 1.29 is 8.42 Å². The Hall–Kier alpha value is -2.09. The Balaban J connectivity index is 1.59. The van der Waals surface area contributed by atoms with Crippen LogP contribution in [-0.4, -0.2) is 24.9 Å². The number of rotatable bonds is 7. The zero-order valence-electron chi connectivity index (χ0n) is 14.7. The summed E-state index contributed by atoms with van der Waals surface area (Å²) < 4.78 is 27.4. The van der Waals surface area contributed by atoms with Gasteiger partial charge in [-0.3, -0.25) is 4.98 Å². The van der Waals surface area contributed by atoms with Crippen molar-refractivity contribution in [3.8, 4) is 11.4 Å². The van der Waals surface area contributed by atoms with Gasteiger partial charge in [0, 0.05) is 24.5 Å². The number of benzene rings is 1. The monoisotopic (exact) mass is 387 g/mol. The first-order valence-electron chi connectivity index (χ1n) is 8.41. The molecule has 7 heteroatoms. The Labute approximate surface area is 158 Å². The maximum absolute atomic E-state index is 12.4. The molecule has 1 N–H and O–H groups in total. The number of hydrogen-bond donors (Lipinski definition) is 1. The van der Waals surface area contributed by atoms with Gasteiger partial charge in [0.25, 0.3) is 0 Å². The molecule has 0 saturated heterocycles. The van der Waals surface area contributed by atoms with E-state index in [0.29, 0.717) is 18.9 Å². The number of thiazole rings is 1. The lowest BCUT2D eigenvalue weighted by molar-refractivity contribution is 0.581. The van der Waals surface area contributed by atoms with Crippen molar-refractivity contribution >= 4 is 21.4 Å². The molecule has 0 aliphatic carbocycles. The van der Waals surface area contributed by atoms with Crippen LogP contribution < -0.4 is 4.72 Å². The fourth-order valence-corrected chi connectivity index (χ4v) is 4.29. The van der Waals surface area contributed by atoms with Crippen LogP contribution in [0.3, 0.4) is 0 Å². The molecule has 5 nitrogen and oxygen atoms in total. The van der Waals surface area contributed by atoms with Crippen molar-refractivity contribution in [2.75, 3.05) is 6.54 Å². The standard InChI is InChI=1S/C19H21N3O2S2/c1-14(2)15-6-8-16(9-7-15)26(23,24)21-12-10-19-22-18(13-25-19)17-5-3-4-11-20-17/h3-9,11,13-14,21H,10,12H2,1-2H3. The van der Waals surface area contributed by atoms with Crippen LogP contribution in [-0.2, 0) is 16.4 Å². The molecule has 0 aliphatic heterocycles. The molecule has 0 spiro atoms. The van der Waals surface area contributed by atoms with Crippen molar-refractivity contribution in [3.05, 3.63) is 64.6 Å². The molecule has 0 bridgehead atoms. The second-order valence-electron chi connectivity index (χ2n) is 6.21. The lowest BCUT2D eigenvalue weighted by Gasteiger charge is -2.08. The van der Waals surface area contributed by atoms with Gasteiger partial charge in [-0.05, 0) is 35.7 Å². The topological polar surface area (TPSA) is 72.0 Å². The van der Waals surface area contributed by atoms with Crippen LogP contribution >= 0.6 is 11.3 Å². The molecule has 2 aromatic heterocycles. The number of sulfonamides is 1. The van der Waals surface area contributed by atoms with E-state index in [1.165, 1.54) is 11.3 Å². The van der Waals surface area contributed by atoms with Gasteiger partial charge >= 0.3 is 0 Å². The first kappa shape index (κ1) is 18.7. The molecule has 3 rings (SSSR count). The molecule has 136 valence electrons. The van der Waals surface area contributed by atoms with Crippen LogP contribution in [0.15, 0.2) is 58.9 Å². The van der Waals surface area contributed by atoms with Crippen LogP contribution in [0.1, 0.15) is 30.3 Å². The molecular weight excluding hydrogens is 366 g/mol. The average Bonchev–Trinajstić information content (AvgIpc) is 3.11. The molecular formula is C19H21N3O2S2. The molecule has 0 fully saturated rings. The molecule has 0 atom stereocenters. The Morgan fingerprint density at radius 2 is 1.85 bits per heavy atom. The summed E-state index contributed by atoms with van der Waals surface area (Å²) in [4.78, 5) is 9.09. The fraction of sp³-hybridized carbons (Fsp3) is 0.263. The Bertz CT molecular complexity index is 950. The highest BCUT2D eigenvalue weighted by Crippen LogP contribution is 2.20. The van der Waals surface area contributed by atoms with E-state index in [4.69, 9.17) is 0 Å². The van der Waals surface area contributed by atoms with E-state index in [9.17, 15) is 8.42 Å². The SMILES string of the molecule is CC(C)c1ccc(S(=O)(=O)NCCc2nc(-c3ccccn3)cs2)cc1. The minimum absolute atomic E-state index is 0.287. The Morgan fingerprint density at radius 1 is 1.08 bits per heavy atom. The summed E-state index contributed by atoms with van der Waals surface area (Å²) in [7, 11) is -3.50. The summed E-state index contributed by atoms with van der Waals surface area (Å²) in [6, 6.07) is 12.7. The van der Waals surface area contributed by atoms with E-state index < -0.39 is 10.0 Å². The summed E-state index contributed by atoms with van der Waals surface area (Å²) >= 11 is 1.51. The van der Waals surface area contributed by atoms with Gasteiger partial charge in [-0.2, -0.15) is 0 Å². The second-order valence-corrected chi connectivity index (χ2v) is 8.92. The molecule has 1 aromatic carbocycles. The molecule has 0 saturated carbocycles. The third-order valence-electron chi connectivity index (χ3n) is 3.97. The fourth-order valence-electron chi connectivity index (χ4n) is 2.47. The van der Waals surface area contributed by atoms with Gasteiger partial charge in [-0.15, -0.1) is 11.3 Å². The maximum Gasteiger partial charge on any atom is 0.240 e. The van der Waals surface area contributed by atoms with E-state index in [2.05, 4.69) is 28.5 Å². The van der Waals surface area contributed by atoms with Crippen LogP contribution in [0.2, 0.25) is 0 Å². The van der Waals surface area contributed by atoms with Crippen LogP contribution in [0, 0.1) is 0 Å². The lowest BCUT2D eigenvalue weighted by atomic mass is 10.0. The van der Waals surface area contributed by atoms with Crippen LogP contribution in [0.5, 0.6) is 0 Å². The van der Waals surface area contributed by atoms with Gasteiger partial charge in [0.15, 0.2) is 0 Å². The van der Waals surface area contributed by atoms with E-state index in [1.54, 1.807) is 18.3 Å². The van der Waals surface area contributed by atoms with Crippen LogP contribution in [0.25, 0.3) is 11.4 Å². The second kappa shape index (κ2) is 8.07. The normalized spacial score (nSPS) is 11.8. The van der Waals surface area contributed by atoms with Gasteiger partial charge in [0.05, 0.1) is 21.3 Å². The van der Waals surface area contributed by atoms with Crippen molar-refractivity contribution in [3.63, 3.8) is 0 Å². The minimum Gasteiger partial charge on any atom is -0.255 e. The Kier molecular flexibility index (Phi) is 5.80. The summed E-state index contributed by atoms with van der Waals surface area (Å²) in [5, 5.41) is 2.82. The highest BCUT2D eigenvalue weighted by molar-refractivity contribution is 7.89. The van der Waals surface area contributed by atoms with Gasteiger partial charge in [0.1, 0.15) is 0 Å². The molecule has 2 heterocycles. The molecule has 0 aliphatic rings. The Morgan fingerprint density at radius 3 is 2.50 bits per heavy atom. The van der Waals surface area contributed by atoms with Crippen molar-refractivity contribution in [1.82, 2.24) is 14.7 Å². The molecule has 0 radical (unpaired) electrons. The number of pyridine rings is 1. The largest absolute Gasteiger partial charge is 0.255 e. The van der Waals surface area contributed by atoms with E-state index in [1.807, 2.05) is 35.7 Å². The smallest absolute Gasteiger partial charge is 0.240 e. The predicted octanol–water partition coefficient (Wildman–Crippen LogP) is 3.85. The highest BCUT2D eigenvalue weighted by Gasteiger charge is 2.14. The average molecular weight is 388 g/mol. The van der Waals surface area contributed by atoms with Crippen molar-refractivity contribution in [1.29, 1.82) is 0 Å². The molecule has 0 unspecified atom stereocenters. The first-order valence-corrected chi connectivity index (χ1v) is 10.8. The maximum atomic E-state index is 12.4. The minimum atomic E-state index is -3.50. The van der Waals surface area contributed by atoms with Gasteiger partial charge in [-0.1, -0.05) is 32.0 Å². The van der Waals surface area contributed by atoms with Crippen molar-refractivity contribution in [2.45, 2.75) is 31.1 Å². The van der Waals surface area contributed by atoms with Gasteiger partial charge < -0.3 is 0 Å². The van der Waals surface area contributed by atoms with E-state index >= 15 is 0 Å². The summed E-state index contributed by atoms with van der Waals surface area (Å²) in [5.41, 5.74) is 2.76. The quantitative estimate of drug-likeness (QED) is 0.668. The summed E-state index contributed by atoms with van der Waals surface area (Å²) in [6.45, 7) is 4.47. The summed E-state index contributed by atoms with van der Waals surface area (Å²) in [5.74, 6) is 0.373. The molecule has 3 aromatic rings. The zero-order valence-corrected chi connectivity index (χ0v) is 16.3. The van der Waals surface area contributed by atoms with Crippen LogP contribution in [0.4, 0.5) is 0 Å². The van der Waals surface area contributed by atoms with Gasteiger partial charge in [0.2, 0.25) is 10.0 Å². The summed E-state index contributed by atoms with van der Waals surface area (Å²) in [6.07, 6.45) is 2.27.